The highest BCUT2D eigenvalue weighted by atomic mass is 35.5. The number of fused-ring (bicyclic) bond motifs is 1. The topological polar surface area (TPSA) is 173 Å². The maximum Gasteiger partial charge on any atom is 0.283 e. The normalized spacial score (nSPS) is 33.2. The van der Waals surface area contributed by atoms with Gasteiger partial charge in [-0.05, 0) is 0 Å². The SMILES string of the molecule is COC1(OC)C(=O)NC(Nc2ncnc3c2ncn3[C@@H]2O[C@H](CO)[C@@H](O)[C@H]2O)C1Cl. The number of anilines is 1. The van der Waals surface area contributed by atoms with Crippen LogP contribution in [0.4, 0.5) is 5.82 Å². The first-order chi connectivity index (χ1) is 14.4. The fourth-order valence-corrected chi connectivity index (χ4v) is 4.07. The Morgan fingerprint density at radius 2 is 2.03 bits per heavy atom. The molecule has 2 aromatic heterocycles. The van der Waals surface area contributed by atoms with E-state index in [1.54, 1.807) is 0 Å². The van der Waals surface area contributed by atoms with Crippen molar-refractivity contribution >= 4 is 34.5 Å². The summed E-state index contributed by atoms with van der Waals surface area (Å²) in [5.74, 6) is -1.96. The number of aliphatic hydroxyl groups excluding tert-OH is 3. The summed E-state index contributed by atoms with van der Waals surface area (Å²) in [4.78, 5) is 24.9. The van der Waals surface area contributed by atoms with E-state index in [0.717, 1.165) is 0 Å². The molecule has 5 N–H and O–H groups in total. The van der Waals surface area contributed by atoms with Crippen LogP contribution in [0.2, 0.25) is 0 Å². The van der Waals surface area contributed by atoms with Crippen molar-refractivity contribution in [3.63, 3.8) is 0 Å². The number of carbonyl (C=O) groups excluding carboxylic acids is 1. The zero-order chi connectivity index (χ0) is 21.6. The molecule has 2 unspecified atom stereocenters. The van der Waals surface area contributed by atoms with Gasteiger partial charge in [0.05, 0.1) is 12.9 Å². The number of nitrogens with one attached hydrogen (secondary N) is 2. The Morgan fingerprint density at radius 3 is 2.63 bits per heavy atom. The van der Waals surface area contributed by atoms with Gasteiger partial charge < -0.3 is 40.2 Å². The fourth-order valence-electron chi connectivity index (χ4n) is 3.66. The van der Waals surface area contributed by atoms with Crippen LogP contribution in [0.25, 0.3) is 11.2 Å². The first-order valence-electron chi connectivity index (χ1n) is 8.99. The molecule has 0 bridgehead atoms. The molecule has 1 amide bonds. The predicted octanol–water partition coefficient (Wildman–Crippen LogP) is -2.10. The number of alkyl halides is 1. The molecule has 164 valence electrons. The summed E-state index contributed by atoms with van der Waals surface area (Å²) in [6, 6.07) is 0. The highest BCUT2D eigenvalue weighted by Crippen LogP contribution is 2.34. The summed E-state index contributed by atoms with van der Waals surface area (Å²) in [5, 5.41) is 34.3. The Bertz CT molecular complexity index is 940. The van der Waals surface area contributed by atoms with Gasteiger partial charge >= 0.3 is 0 Å². The van der Waals surface area contributed by atoms with Gasteiger partial charge in [0, 0.05) is 14.2 Å². The zero-order valence-corrected chi connectivity index (χ0v) is 16.7. The number of amides is 1. The van der Waals surface area contributed by atoms with Gasteiger partial charge in [0.15, 0.2) is 23.2 Å². The molecule has 2 aromatic rings. The van der Waals surface area contributed by atoms with Gasteiger partial charge in [0.2, 0.25) is 0 Å². The van der Waals surface area contributed by atoms with Crippen LogP contribution in [0, 0.1) is 0 Å². The van der Waals surface area contributed by atoms with Crippen molar-refractivity contribution in [2.75, 3.05) is 26.1 Å². The highest BCUT2D eigenvalue weighted by molar-refractivity contribution is 6.25. The number of hydrogen-bond acceptors (Lipinski definition) is 11. The first kappa shape index (κ1) is 21.1. The van der Waals surface area contributed by atoms with E-state index in [2.05, 4.69) is 25.6 Å². The van der Waals surface area contributed by atoms with Gasteiger partial charge in [-0.15, -0.1) is 11.6 Å². The van der Waals surface area contributed by atoms with E-state index in [9.17, 15) is 20.1 Å². The highest BCUT2D eigenvalue weighted by Gasteiger charge is 2.57. The number of methoxy groups -OCH3 is 2. The molecule has 6 atom stereocenters. The van der Waals surface area contributed by atoms with E-state index in [1.807, 2.05) is 0 Å². The van der Waals surface area contributed by atoms with Gasteiger partial charge in [0.1, 0.15) is 36.2 Å². The maximum absolute atomic E-state index is 12.3. The molecule has 0 spiro atoms. The number of aliphatic hydroxyl groups is 3. The van der Waals surface area contributed by atoms with Gasteiger partial charge in [-0.1, -0.05) is 0 Å². The average Bonchev–Trinajstić information content (AvgIpc) is 3.37. The quantitative estimate of drug-likeness (QED) is 0.244. The van der Waals surface area contributed by atoms with Crippen LogP contribution < -0.4 is 10.6 Å². The Balaban J connectivity index is 1.63. The largest absolute Gasteiger partial charge is 0.394 e. The van der Waals surface area contributed by atoms with E-state index in [-0.39, 0.29) is 5.82 Å². The molecule has 2 aliphatic heterocycles. The second kappa shape index (κ2) is 7.85. The molecule has 4 rings (SSSR count). The molecule has 0 saturated carbocycles. The minimum absolute atomic E-state index is 0.254. The number of halogens is 1. The van der Waals surface area contributed by atoms with Crippen molar-refractivity contribution in [1.29, 1.82) is 0 Å². The number of nitrogens with zero attached hydrogens (tertiary/aromatic N) is 4. The standard InChI is InChI=1S/C16H21ClN6O7/c1-28-16(29-2)10(17)12(22-15(16)27)21-11-7-13(19-4-18-11)23(5-20-7)14-9(26)8(25)6(3-24)30-14/h4-6,8-10,12,14,24-26H,3H2,1-2H3,(H,22,27)(H,18,19,21)/t6-,8-,9-,10?,12?,14-/m1/s1. The van der Waals surface area contributed by atoms with Crippen molar-refractivity contribution in [3.05, 3.63) is 12.7 Å². The molecule has 2 saturated heterocycles. The Morgan fingerprint density at radius 1 is 1.30 bits per heavy atom. The third-order valence-electron chi connectivity index (χ3n) is 5.31. The second-order valence-electron chi connectivity index (χ2n) is 6.85. The lowest BCUT2D eigenvalue weighted by Crippen LogP contribution is -2.48. The molecule has 13 nitrogen and oxygen atoms in total. The number of carbonyl (C=O) groups is 1. The third-order valence-corrected chi connectivity index (χ3v) is 5.85. The molecule has 2 fully saturated rings. The summed E-state index contributed by atoms with van der Waals surface area (Å²) in [7, 11) is 2.62. The minimum atomic E-state index is -1.66. The maximum atomic E-state index is 12.3. The molecule has 30 heavy (non-hydrogen) atoms. The molecule has 14 heteroatoms. The van der Waals surface area contributed by atoms with Gasteiger partial charge in [-0.3, -0.25) is 9.36 Å². The van der Waals surface area contributed by atoms with Crippen molar-refractivity contribution in [2.45, 2.75) is 41.9 Å². The van der Waals surface area contributed by atoms with Gasteiger partial charge in [-0.25, -0.2) is 15.0 Å². The molecular formula is C16H21ClN6O7. The first-order valence-corrected chi connectivity index (χ1v) is 9.43. The van der Waals surface area contributed by atoms with Crippen molar-refractivity contribution in [1.82, 2.24) is 24.8 Å². The summed E-state index contributed by atoms with van der Waals surface area (Å²) in [6.07, 6.45) is -2.68. The summed E-state index contributed by atoms with van der Waals surface area (Å²) in [5.41, 5.74) is 0.600. The molecule has 0 radical (unpaired) electrons. The number of imidazole rings is 1. The third kappa shape index (κ3) is 3.01. The Kier molecular flexibility index (Phi) is 5.52. The smallest absolute Gasteiger partial charge is 0.283 e. The second-order valence-corrected chi connectivity index (χ2v) is 7.32. The number of ether oxygens (including phenoxy) is 3. The van der Waals surface area contributed by atoms with Crippen LogP contribution in [-0.2, 0) is 19.0 Å². The van der Waals surface area contributed by atoms with Crippen LogP contribution in [0.15, 0.2) is 12.7 Å². The van der Waals surface area contributed by atoms with Crippen LogP contribution in [0.5, 0.6) is 0 Å². The van der Waals surface area contributed by atoms with Crippen molar-refractivity contribution < 1.29 is 34.3 Å². The van der Waals surface area contributed by atoms with E-state index in [0.29, 0.717) is 11.2 Å². The lowest BCUT2D eigenvalue weighted by atomic mass is 10.1. The number of hydrogen-bond donors (Lipinski definition) is 5. The molecule has 2 aliphatic rings. The van der Waals surface area contributed by atoms with E-state index in [1.165, 1.54) is 31.4 Å². The average molecular weight is 445 g/mol. The van der Waals surface area contributed by atoms with Crippen LogP contribution in [0.3, 0.4) is 0 Å². The van der Waals surface area contributed by atoms with Gasteiger partial charge in [-0.2, -0.15) is 0 Å². The number of aromatic nitrogens is 4. The van der Waals surface area contributed by atoms with Crippen molar-refractivity contribution in [3.8, 4) is 0 Å². The number of rotatable bonds is 6. The zero-order valence-electron chi connectivity index (χ0n) is 16.0. The predicted molar refractivity (Wildman–Crippen MR) is 100 cm³/mol. The van der Waals surface area contributed by atoms with Crippen LogP contribution in [0.1, 0.15) is 6.23 Å². The molecular weight excluding hydrogens is 424 g/mol. The van der Waals surface area contributed by atoms with E-state index < -0.39 is 54.4 Å². The monoisotopic (exact) mass is 444 g/mol. The molecule has 0 aromatic carbocycles. The lowest BCUT2D eigenvalue weighted by Gasteiger charge is -2.27. The Hall–Kier alpha value is -2.13. The van der Waals surface area contributed by atoms with E-state index >= 15 is 0 Å². The van der Waals surface area contributed by atoms with Gasteiger partial charge in [0.25, 0.3) is 11.7 Å². The van der Waals surface area contributed by atoms with Crippen LogP contribution >= 0.6 is 11.6 Å². The Labute approximate surface area is 174 Å². The lowest BCUT2D eigenvalue weighted by molar-refractivity contribution is -0.199. The molecule has 0 aliphatic carbocycles. The minimum Gasteiger partial charge on any atom is -0.394 e. The van der Waals surface area contributed by atoms with Crippen molar-refractivity contribution in [2.24, 2.45) is 0 Å². The van der Waals surface area contributed by atoms with Crippen LogP contribution in [-0.4, -0.2) is 97.2 Å². The summed E-state index contributed by atoms with van der Waals surface area (Å²) < 4.78 is 17.3. The fraction of sp³-hybridized carbons (Fsp3) is 0.625. The summed E-state index contributed by atoms with van der Waals surface area (Å²) in [6.45, 7) is -0.456. The summed E-state index contributed by atoms with van der Waals surface area (Å²) >= 11 is 6.40. The van der Waals surface area contributed by atoms with E-state index in [4.69, 9.17) is 25.8 Å². The molecule has 4 heterocycles.